The number of nitrogens with two attached hydrogens (primary N) is 2. The summed E-state index contributed by atoms with van der Waals surface area (Å²) in [6.45, 7) is 1.39. The molecule has 1 unspecified atom stereocenters. The molecule has 1 aliphatic carbocycles. The Hall–Kier alpha value is -1.39. The molecule has 0 bridgehead atoms. The number of carbonyl (C=O) groups is 1. The van der Waals surface area contributed by atoms with E-state index in [9.17, 15) is 4.79 Å². The first kappa shape index (κ1) is 12.1. The fourth-order valence-electron chi connectivity index (χ4n) is 1.94. The van der Waals surface area contributed by atoms with E-state index in [2.05, 4.69) is 17.0 Å². The minimum atomic E-state index is -0.570. The largest absolute Gasteiger partial charge is 0.368 e. The fraction of sp³-hybridized carbons (Fsp3) is 0.462. The lowest BCUT2D eigenvalue weighted by Gasteiger charge is -2.24. The molecule has 0 saturated heterocycles. The van der Waals surface area contributed by atoms with Crippen molar-refractivity contribution in [3.8, 4) is 0 Å². The highest BCUT2D eigenvalue weighted by atomic mass is 16.1. The summed E-state index contributed by atoms with van der Waals surface area (Å²) in [6, 6.07) is 10.2. The second-order valence-electron chi connectivity index (χ2n) is 4.66. The summed E-state index contributed by atoms with van der Waals surface area (Å²) in [4.78, 5) is 13.3. The quantitative estimate of drug-likeness (QED) is 0.750. The molecule has 0 spiro atoms. The number of amides is 1. The summed E-state index contributed by atoms with van der Waals surface area (Å²) >= 11 is 0. The predicted octanol–water partition coefficient (Wildman–Crippen LogP) is 0.464. The average molecular weight is 233 g/mol. The maximum atomic E-state index is 11.0. The number of primary amides is 1. The Morgan fingerprint density at radius 2 is 2.00 bits per heavy atom. The third-order valence-electron chi connectivity index (χ3n) is 3.09. The molecule has 1 aliphatic rings. The fourth-order valence-corrected chi connectivity index (χ4v) is 1.94. The summed E-state index contributed by atoms with van der Waals surface area (Å²) < 4.78 is 0. The molecule has 0 radical (unpaired) electrons. The van der Waals surface area contributed by atoms with Gasteiger partial charge in [-0.2, -0.15) is 0 Å². The summed E-state index contributed by atoms with van der Waals surface area (Å²) in [5.74, 6) is -0.427. The molecule has 4 heteroatoms. The predicted molar refractivity (Wildman–Crippen MR) is 67.0 cm³/mol. The molecule has 1 saturated carbocycles. The van der Waals surface area contributed by atoms with Crippen LogP contribution in [0.2, 0.25) is 0 Å². The smallest absolute Gasteiger partial charge is 0.235 e. The lowest BCUT2D eigenvalue weighted by molar-refractivity contribution is -0.119. The Balaban J connectivity index is 1.96. The van der Waals surface area contributed by atoms with Gasteiger partial charge >= 0.3 is 0 Å². The van der Waals surface area contributed by atoms with Crippen LogP contribution in [0.3, 0.4) is 0 Å². The van der Waals surface area contributed by atoms with Crippen molar-refractivity contribution in [2.75, 3.05) is 6.54 Å². The van der Waals surface area contributed by atoms with Crippen LogP contribution in [0.25, 0.3) is 0 Å². The first-order chi connectivity index (χ1) is 8.16. The Morgan fingerprint density at radius 1 is 1.35 bits per heavy atom. The minimum Gasteiger partial charge on any atom is -0.368 e. The summed E-state index contributed by atoms with van der Waals surface area (Å²) in [6.07, 6.45) is 2.39. The molecule has 1 amide bonds. The van der Waals surface area contributed by atoms with Gasteiger partial charge in [0.15, 0.2) is 0 Å². The molecule has 0 heterocycles. The zero-order chi connectivity index (χ0) is 12.3. The van der Waals surface area contributed by atoms with Crippen LogP contribution in [0.1, 0.15) is 18.4 Å². The molecule has 1 fully saturated rings. The molecule has 2 rings (SSSR count). The van der Waals surface area contributed by atoms with Crippen molar-refractivity contribution in [1.82, 2.24) is 4.90 Å². The van der Waals surface area contributed by atoms with E-state index in [0.29, 0.717) is 12.6 Å². The molecular weight excluding hydrogens is 214 g/mol. The molecular formula is C13H19N3O. The van der Waals surface area contributed by atoms with Crippen molar-refractivity contribution >= 4 is 5.91 Å². The van der Waals surface area contributed by atoms with Crippen LogP contribution >= 0.6 is 0 Å². The number of benzene rings is 1. The Kier molecular flexibility index (Phi) is 3.76. The minimum absolute atomic E-state index is 0.427. The van der Waals surface area contributed by atoms with E-state index in [-0.39, 0.29) is 0 Å². The second kappa shape index (κ2) is 5.29. The van der Waals surface area contributed by atoms with Crippen LogP contribution in [0.4, 0.5) is 0 Å². The highest BCUT2D eigenvalue weighted by Gasteiger charge is 2.30. The van der Waals surface area contributed by atoms with Crippen LogP contribution in [-0.2, 0) is 11.3 Å². The molecule has 1 atom stereocenters. The van der Waals surface area contributed by atoms with Gasteiger partial charge in [0.1, 0.15) is 0 Å². The number of carbonyl (C=O) groups excluding carboxylic acids is 1. The monoisotopic (exact) mass is 233 g/mol. The third-order valence-corrected chi connectivity index (χ3v) is 3.09. The van der Waals surface area contributed by atoms with E-state index in [1.165, 1.54) is 18.4 Å². The maximum absolute atomic E-state index is 11.0. The van der Waals surface area contributed by atoms with Crippen LogP contribution in [0.5, 0.6) is 0 Å². The van der Waals surface area contributed by atoms with Gasteiger partial charge in [-0.05, 0) is 18.4 Å². The van der Waals surface area contributed by atoms with Crippen molar-refractivity contribution < 1.29 is 4.79 Å². The van der Waals surface area contributed by atoms with E-state index in [4.69, 9.17) is 11.5 Å². The molecule has 0 aromatic heterocycles. The molecule has 0 aliphatic heterocycles. The molecule has 4 N–H and O–H groups in total. The Labute approximate surface area is 102 Å². The molecule has 17 heavy (non-hydrogen) atoms. The highest BCUT2D eigenvalue weighted by Crippen LogP contribution is 2.28. The molecule has 4 nitrogen and oxygen atoms in total. The van der Waals surface area contributed by atoms with E-state index in [1.807, 2.05) is 18.2 Å². The number of hydrogen-bond acceptors (Lipinski definition) is 3. The van der Waals surface area contributed by atoms with Crippen molar-refractivity contribution in [3.63, 3.8) is 0 Å². The van der Waals surface area contributed by atoms with Crippen LogP contribution in [0.15, 0.2) is 30.3 Å². The summed E-state index contributed by atoms with van der Waals surface area (Å²) in [7, 11) is 0. The van der Waals surface area contributed by atoms with Crippen molar-refractivity contribution in [3.05, 3.63) is 35.9 Å². The topological polar surface area (TPSA) is 72.3 Å². The number of rotatable bonds is 6. The van der Waals surface area contributed by atoms with E-state index >= 15 is 0 Å². The van der Waals surface area contributed by atoms with Crippen LogP contribution < -0.4 is 11.5 Å². The lowest BCUT2D eigenvalue weighted by atomic mass is 10.2. The maximum Gasteiger partial charge on any atom is 0.235 e. The van der Waals surface area contributed by atoms with Gasteiger partial charge in [-0.25, -0.2) is 0 Å². The second-order valence-corrected chi connectivity index (χ2v) is 4.66. The van der Waals surface area contributed by atoms with Gasteiger partial charge in [-0.1, -0.05) is 30.3 Å². The molecule has 92 valence electrons. The molecule has 1 aromatic carbocycles. The Morgan fingerprint density at radius 3 is 2.53 bits per heavy atom. The highest BCUT2D eigenvalue weighted by molar-refractivity contribution is 5.79. The normalized spacial score (nSPS) is 17.1. The number of nitrogens with zero attached hydrogens (tertiary/aromatic N) is 1. The standard InChI is InChI=1S/C13H19N3O/c14-12(13(15)17)9-16(11-6-7-11)8-10-4-2-1-3-5-10/h1-5,11-12H,6-9,14H2,(H2,15,17). The van der Waals surface area contributed by atoms with E-state index in [0.717, 1.165) is 6.54 Å². The van der Waals surface area contributed by atoms with Crippen LogP contribution in [-0.4, -0.2) is 29.4 Å². The molecule has 1 aromatic rings. The Bertz CT molecular complexity index is 376. The van der Waals surface area contributed by atoms with Crippen molar-refractivity contribution in [1.29, 1.82) is 0 Å². The van der Waals surface area contributed by atoms with Crippen LogP contribution in [0, 0.1) is 0 Å². The van der Waals surface area contributed by atoms with Gasteiger partial charge in [0.05, 0.1) is 6.04 Å². The first-order valence-electron chi connectivity index (χ1n) is 5.99. The van der Waals surface area contributed by atoms with Gasteiger partial charge in [0, 0.05) is 19.1 Å². The van der Waals surface area contributed by atoms with Crippen molar-refractivity contribution in [2.24, 2.45) is 11.5 Å². The van der Waals surface area contributed by atoms with Gasteiger partial charge in [0.2, 0.25) is 5.91 Å². The first-order valence-corrected chi connectivity index (χ1v) is 5.99. The summed E-state index contributed by atoms with van der Waals surface area (Å²) in [5, 5.41) is 0. The average Bonchev–Trinajstić information content (AvgIpc) is 3.13. The van der Waals surface area contributed by atoms with Gasteiger partial charge in [0.25, 0.3) is 0 Å². The van der Waals surface area contributed by atoms with Gasteiger partial charge in [-0.3, -0.25) is 9.69 Å². The van der Waals surface area contributed by atoms with Gasteiger partial charge < -0.3 is 11.5 Å². The third kappa shape index (κ3) is 3.54. The summed E-state index contributed by atoms with van der Waals surface area (Å²) in [5.41, 5.74) is 12.2. The van der Waals surface area contributed by atoms with E-state index < -0.39 is 11.9 Å². The zero-order valence-corrected chi connectivity index (χ0v) is 9.88. The number of hydrogen-bond donors (Lipinski definition) is 2. The van der Waals surface area contributed by atoms with Gasteiger partial charge in [-0.15, -0.1) is 0 Å². The van der Waals surface area contributed by atoms with E-state index in [1.54, 1.807) is 0 Å². The lowest BCUT2D eigenvalue weighted by Crippen LogP contribution is -2.46. The SMILES string of the molecule is NC(=O)C(N)CN(Cc1ccccc1)C1CC1. The van der Waals surface area contributed by atoms with Crippen molar-refractivity contribution in [2.45, 2.75) is 31.5 Å². The zero-order valence-electron chi connectivity index (χ0n) is 9.88.